The molecule has 0 aliphatic rings. The topological polar surface area (TPSA) is 78.9 Å². The van der Waals surface area contributed by atoms with E-state index in [9.17, 15) is 14.4 Å². The second-order valence-corrected chi connectivity index (χ2v) is 18.6. The van der Waals surface area contributed by atoms with Crippen molar-refractivity contribution in [2.24, 2.45) is 5.92 Å². The highest BCUT2D eigenvalue weighted by atomic mass is 16.6. The summed E-state index contributed by atoms with van der Waals surface area (Å²) in [6.45, 7) is 9.03. The van der Waals surface area contributed by atoms with Crippen LogP contribution in [0.4, 0.5) is 0 Å². The largest absolute Gasteiger partial charge is 0.462 e. The summed E-state index contributed by atoms with van der Waals surface area (Å²) in [5.74, 6) is -0.00923. The van der Waals surface area contributed by atoms with Crippen LogP contribution in [0, 0.1) is 5.92 Å². The third-order valence-electron chi connectivity index (χ3n) is 12.0. The molecule has 0 aliphatic carbocycles. The Bertz CT molecular complexity index is 887. The highest BCUT2D eigenvalue weighted by molar-refractivity contribution is 5.71. The molecule has 0 bridgehead atoms. The Morgan fingerprint density at radius 2 is 0.559 bits per heavy atom. The van der Waals surface area contributed by atoms with Gasteiger partial charge in [-0.15, -0.1) is 0 Å². The van der Waals surface area contributed by atoms with Crippen LogP contribution in [0.5, 0.6) is 0 Å². The fourth-order valence-corrected chi connectivity index (χ4v) is 8.04. The van der Waals surface area contributed by atoms with E-state index in [1.54, 1.807) is 0 Å². The summed E-state index contributed by atoms with van der Waals surface area (Å²) in [5, 5.41) is 0. The van der Waals surface area contributed by atoms with Crippen molar-refractivity contribution < 1.29 is 28.6 Å². The summed E-state index contributed by atoms with van der Waals surface area (Å²) in [6.07, 6.45) is 49.4. The number of hydrogen-bond donors (Lipinski definition) is 0. The quantitative estimate of drug-likeness (QED) is 0.0345. The van der Waals surface area contributed by atoms with Gasteiger partial charge in [0.2, 0.25) is 0 Å². The molecule has 0 amide bonds. The van der Waals surface area contributed by atoms with Gasteiger partial charge in [-0.3, -0.25) is 14.4 Å². The second-order valence-electron chi connectivity index (χ2n) is 18.6. The van der Waals surface area contributed by atoms with Gasteiger partial charge in [-0.2, -0.15) is 0 Å². The fourth-order valence-electron chi connectivity index (χ4n) is 8.04. The van der Waals surface area contributed by atoms with Crippen molar-refractivity contribution in [1.29, 1.82) is 0 Å². The van der Waals surface area contributed by atoms with Crippen molar-refractivity contribution in [2.75, 3.05) is 13.2 Å². The Labute approximate surface area is 368 Å². The highest BCUT2D eigenvalue weighted by Gasteiger charge is 2.19. The fraction of sp³-hybridized carbons (Fsp3) is 0.943. The van der Waals surface area contributed by atoms with Gasteiger partial charge in [0.05, 0.1) is 0 Å². The lowest BCUT2D eigenvalue weighted by Crippen LogP contribution is -2.30. The van der Waals surface area contributed by atoms with Gasteiger partial charge < -0.3 is 14.2 Å². The summed E-state index contributed by atoms with van der Waals surface area (Å²) >= 11 is 0. The molecule has 0 unspecified atom stereocenters. The normalized spacial score (nSPS) is 11.9. The Morgan fingerprint density at radius 3 is 0.831 bits per heavy atom. The van der Waals surface area contributed by atoms with Crippen molar-refractivity contribution in [3.8, 4) is 0 Å². The van der Waals surface area contributed by atoms with Crippen LogP contribution in [0.15, 0.2) is 0 Å². The number of ether oxygens (including phenoxy) is 3. The molecule has 0 radical (unpaired) electrons. The smallest absolute Gasteiger partial charge is 0.306 e. The molecule has 0 aromatic heterocycles. The predicted molar refractivity (Wildman–Crippen MR) is 252 cm³/mol. The highest BCUT2D eigenvalue weighted by Crippen LogP contribution is 2.17. The monoisotopic (exact) mass is 835 g/mol. The predicted octanol–water partition coefficient (Wildman–Crippen LogP) is 17.1. The first-order valence-corrected chi connectivity index (χ1v) is 26.4. The van der Waals surface area contributed by atoms with E-state index in [0.29, 0.717) is 19.3 Å². The van der Waals surface area contributed by atoms with Gasteiger partial charge in [-0.05, 0) is 25.2 Å². The van der Waals surface area contributed by atoms with Crippen LogP contribution in [0.25, 0.3) is 0 Å². The van der Waals surface area contributed by atoms with Crippen LogP contribution in [0.3, 0.4) is 0 Å². The number of carbonyl (C=O) groups excluding carboxylic acids is 3. The van der Waals surface area contributed by atoms with Crippen LogP contribution in [-0.4, -0.2) is 37.2 Å². The lowest BCUT2D eigenvalue weighted by Gasteiger charge is -2.18. The van der Waals surface area contributed by atoms with Gasteiger partial charge in [-0.25, -0.2) is 0 Å². The molecule has 6 heteroatoms. The lowest BCUT2D eigenvalue weighted by atomic mass is 10.0. The summed E-state index contributed by atoms with van der Waals surface area (Å²) in [5.41, 5.74) is 0. The third-order valence-corrected chi connectivity index (χ3v) is 12.0. The van der Waals surface area contributed by atoms with Crippen molar-refractivity contribution in [1.82, 2.24) is 0 Å². The molecule has 0 spiro atoms. The van der Waals surface area contributed by atoms with Crippen LogP contribution in [0.1, 0.15) is 297 Å². The molecule has 0 saturated carbocycles. The van der Waals surface area contributed by atoms with Crippen LogP contribution in [0.2, 0.25) is 0 Å². The zero-order valence-electron chi connectivity index (χ0n) is 40.2. The van der Waals surface area contributed by atoms with Crippen LogP contribution in [-0.2, 0) is 28.6 Å². The minimum Gasteiger partial charge on any atom is -0.462 e. The second kappa shape index (κ2) is 47.5. The number of esters is 3. The molecule has 0 saturated heterocycles. The maximum absolute atomic E-state index is 12.8. The van der Waals surface area contributed by atoms with Crippen molar-refractivity contribution in [2.45, 2.75) is 303 Å². The molecule has 6 nitrogen and oxygen atoms in total. The van der Waals surface area contributed by atoms with Gasteiger partial charge in [0.25, 0.3) is 0 Å². The summed E-state index contributed by atoms with van der Waals surface area (Å²) in [6, 6.07) is 0. The van der Waals surface area contributed by atoms with Gasteiger partial charge in [0.1, 0.15) is 13.2 Å². The minimum absolute atomic E-state index is 0.0625. The SMILES string of the molecule is CCCCCCCCCCCCCCCCCC(=O)OC[C@H](COC(=O)CCCCCCCCCCCCCCC(C)C)OC(=O)CCCCCCCCCCCCC. The number of carbonyl (C=O) groups is 3. The van der Waals surface area contributed by atoms with Gasteiger partial charge >= 0.3 is 17.9 Å². The molecule has 0 fully saturated rings. The third kappa shape index (κ3) is 47.3. The summed E-state index contributed by atoms with van der Waals surface area (Å²) < 4.78 is 16.8. The Hall–Kier alpha value is -1.59. The maximum Gasteiger partial charge on any atom is 0.306 e. The first-order valence-electron chi connectivity index (χ1n) is 26.4. The summed E-state index contributed by atoms with van der Waals surface area (Å²) in [7, 11) is 0. The summed E-state index contributed by atoms with van der Waals surface area (Å²) in [4.78, 5) is 37.9. The molecule has 0 rings (SSSR count). The first kappa shape index (κ1) is 57.4. The molecule has 0 aliphatic heterocycles. The molecule has 59 heavy (non-hydrogen) atoms. The van der Waals surface area contributed by atoms with Crippen LogP contribution >= 0.6 is 0 Å². The zero-order valence-corrected chi connectivity index (χ0v) is 40.2. The zero-order chi connectivity index (χ0) is 43.1. The van der Waals surface area contributed by atoms with E-state index in [4.69, 9.17) is 14.2 Å². The minimum atomic E-state index is -0.760. The average Bonchev–Trinajstić information content (AvgIpc) is 3.22. The Balaban J connectivity index is 4.28. The lowest BCUT2D eigenvalue weighted by molar-refractivity contribution is -0.167. The van der Waals surface area contributed by atoms with E-state index >= 15 is 0 Å². The molecule has 350 valence electrons. The Morgan fingerprint density at radius 1 is 0.322 bits per heavy atom. The molecule has 0 heterocycles. The Kier molecular flexibility index (Phi) is 46.2. The van der Waals surface area contributed by atoms with Crippen molar-refractivity contribution in [3.63, 3.8) is 0 Å². The van der Waals surface area contributed by atoms with Crippen molar-refractivity contribution in [3.05, 3.63) is 0 Å². The molecule has 1 atom stereocenters. The number of hydrogen-bond acceptors (Lipinski definition) is 6. The van der Waals surface area contributed by atoms with E-state index < -0.39 is 6.10 Å². The van der Waals surface area contributed by atoms with Gasteiger partial charge in [-0.1, -0.05) is 259 Å². The molecule has 0 aromatic rings. The molecular weight excluding hydrogens is 733 g/mol. The van der Waals surface area contributed by atoms with Crippen molar-refractivity contribution >= 4 is 17.9 Å². The number of rotatable bonds is 48. The van der Waals surface area contributed by atoms with E-state index in [2.05, 4.69) is 27.7 Å². The average molecular weight is 835 g/mol. The van der Waals surface area contributed by atoms with Gasteiger partial charge in [0, 0.05) is 19.3 Å². The maximum atomic E-state index is 12.8. The van der Waals surface area contributed by atoms with Crippen LogP contribution < -0.4 is 0 Å². The van der Waals surface area contributed by atoms with E-state index in [1.165, 1.54) is 193 Å². The number of unbranched alkanes of at least 4 members (excludes halogenated alkanes) is 35. The first-order chi connectivity index (χ1) is 28.9. The van der Waals surface area contributed by atoms with E-state index in [0.717, 1.165) is 63.7 Å². The molecule has 0 aromatic carbocycles. The molecule has 0 N–H and O–H groups in total. The van der Waals surface area contributed by atoms with Gasteiger partial charge in [0.15, 0.2) is 6.10 Å². The molecular formula is C53H102O6. The van der Waals surface area contributed by atoms with E-state index in [-0.39, 0.29) is 31.1 Å². The van der Waals surface area contributed by atoms with E-state index in [1.807, 2.05) is 0 Å². The standard InChI is InChI=1S/C53H102O6/c1-5-7-9-11-13-15-17-18-19-20-25-28-32-36-40-44-51(54)57-47-50(59-53(56)46-42-38-34-30-23-16-14-12-10-8-6-2)48-58-52(55)45-41-37-33-29-26-22-21-24-27-31-35-39-43-49(3)4/h49-50H,5-48H2,1-4H3/t50-/m1/s1.